The highest BCUT2D eigenvalue weighted by Gasteiger charge is 2.31. The lowest BCUT2D eigenvalue weighted by atomic mass is 10.1. The van der Waals surface area contributed by atoms with Crippen LogP contribution in [0.5, 0.6) is 17.2 Å². The summed E-state index contributed by atoms with van der Waals surface area (Å²) in [5.74, 6) is 0.629. The van der Waals surface area contributed by atoms with E-state index < -0.39 is 23.7 Å². The fourth-order valence-electron chi connectivity index (χ4n) is 4.15. The Labute approximate surface area is 235 Å². The number of hydrogen-bond acceptors (Lipinski definition) is 6. The predicted molar refractivity (Wildman–Crippen MR) is 147 cm³/mol. The third-order valence-electron chi connectivity index (χ3n) is 6.23. The van der Waals surface area contributed by atoms with E-state index in [0.29, 0.717) is 24.7 Å². The molecule has 9 nitrogen and oxygen atoms in total. The van der Waals surface area contributed by atoms with Crippen LogP contribution in [-0.4, -0.2) is 48.1 Å². The molecule has 0 atom stereocenters. The molecule has 3 aromatic rings. The second kappa shape index (κ2) is 13.7. The number of pyridine rings is 1. The number of likely N-dealkylation sites (tertiary alicyclic amines) is 1. The van der Waals surface area contributed by atoms with Gasteiger partial charge in [-0.3, -0.25) is 14.7 Å². The van der Waals surface area contributed by atoms with Gasteiger partial charge < -0.3 is 25.4 Å². The first-order chi connectivity index (χ1) is 19.7. The van der Waals surface area contributed by atoms with Crippen LogP contribution in [0.2, 0.25) is 0 Å². The van der Waals surface area contributed by atoms with Crippen molar-refractivity contribution < 1.29 is 32.2 Å². The average molecular weight is 570 g/mol. The number of nitrogens with zero attached hydrogens (tertiary/aromatic N) is 2. The van der Waals surface area contributed by atoms with Gasteiger partial charge in [0, 0.05) is 25.4 Å². The first kappa shape index (κ1) is 29.4. The van der Waals surface area contributed by atoms with E-state index in [9.17, 15) is 22.8 Å². The van der Waals surface area contributed by atoms with Crippen LogP contribution in [-0.2, 0) is 12.7 Å². The number of anilines is 1. The summed E-state index contributed by atoms with van der Waals surface area (Å²) >= 11 is 0. The average Bonchev–Trinajstić information content (AvgIpc) is 3.47. The van der Waals surface area contributed by atoms with Gasteiger partial charge in [-0.05, 0) is 74.1 Å². The van der Waals surface area contributed by atoms with Gasteiger partial charge in [-0.15, -0.1) is 0 Å². The van der Waals surface area contributed by atoms with E-state index in [1.807, 2.05) is 0 Å². The molecule has 41 heavy (non-hydrogen) atoms. The van der Waals surface area contributed by atoms with Crippen molar-refractivity contribution in [1.82, 2.24) is 20.5 Å². The van der Waals surface area contributed by atoms with Crippen molar-refractivity contribution >= 4 is 17.6 Å². The Morgan fingerprint density at radius 3 is 2.49 bits per heavy atom. The summed E-state index contributed by atoms with van der Waals surface area (Å²) in [4.78, 5) is 30.7. The normalized spacial score (nSPS) is 13.3. The predicted octanol–water partition coefficient (Wildman–Crippen LogP) is 5.56. The fraction of sp³-hybridized carbons (Fsp3) is 0.276. The Kier molecular flexibility index (Phi) is 9.80. The quantitative estimate of drug-likeness (QED) is 0.279. The molecule has 4 rings (SSSR count). The lowest BCUT2D eigenvalue weighted by Crippen LogP contribution is -2.29. The number of urea groups is 1. The molecule has 3 amide bonds. The standard InChI is InChI=1S/C29H30F3N5O4/c1-2-33-27(38)25-18-23(11-12-34-25)41-22-8-5-20(6-9-22)19-35-28(39)36-24-17-21(29(30,31)32)7-10-26(24)40-16-15-37-13-3-4-14-37/h2,5-12,17-18H,1,3-4,13-16,19H2,(H,33,38)(H2,35,36,39). The molecule has 2 heterocycles. The Balaban J connectivity index is 1.33. The third kappa shape index (κ3) is 8.70. The number of carbonyl (C=O) groups is 2. The summed E-state index contributed by atoms with van der Waals surface area (Å²) in [6, 6.07) is 12.2. The maximum absolute atomic E-state index is 13.3. The van der Waals surface area contributed by atoms with Crippen LogP contribution in [0, 0.1) is 0 Å². The smallest absolute Gasteiger partial charge is 0.416 e. The van der Waals surface area contributed by atoms with E-state index in [0.717, 1.165) is 43.6 Å². The van der Waals surface area contributed by atoms with E-state index in [1.54, 1.807) is 30.3 Å². The molecule has 0 unspecified atom stereocenters. The molecular formula is C29H30F3N5O4. The van der Waals surface area contributed by atoms with Crippen LogP contribution in [0.25, 0.3) is 0 Å². The molecule has 0 radical (unpaired) electrons. The van der Waals surface area contributed by atoms with E-state index in [2.05, 4.69) is 32.4 Å². The van der Waals surface area contributed by atoms with E-state index >= 15 is 0 Å². The van der Waals surface area contributed by atoms with Crippen molar-refractivity contribution in [3.05, 3.63) is 90.4 Å². The van der Waals surface area contributed by atoms with Gasteiger partial charge in [0.05, 0.1) is 11.3 Å². The molecule has 1 aromatic heterocycles. The maximum atomic E-state index is 13.3. The van der Waals surface area contributed by atoms with Crippen molar-refractivity contribution in [3.63, 3.8) is 0 Å². The Hall–Kier alpha value is -4.58. The lowest BCUT2D eigenvalue weighted by molar-refractivity contribution is -0.137. The molecule has 1 fully saturated rings. The van der Waals surface area contributed by atoms with Crippen LogP contribution in [0.15, 0.2) is 73.6 Å². The number of alkyl halides is 3. The highest BCUT2D eigenvalue weighted by Crippen LogP contribution is 2.35. The van der Waals surface area contributed by atoms with Crippen LogP contribution < -0.4 is 25.4 Å². The fourth-order valence-corrected chi connectivity index (χ4v) is 4.15. The molecule has 3 N–H and O–H groups in total. The maximum Gasteiger partial charge on any atom is 0.416 e. The molecule has 12 heteroatoms. The lowest BCUT2D eigenvalue weighted by Gasteiger charge is -2.18. The number of benzene rings is 2. The van der Waals surface area contributed by atoms with Crippen molar-refractivity contribution in [2.45, 2.75) is 25.6 Å². The van der Waals surface area contributed by atoms with E-state index in [-0.39, 0.29) is 23.7 Å². The van der Waals surface area contributed by atoms with E-state index in [4.69, 9.17) is 9.47 Å². The molecule has 1 aliphatic heterocycles. The molecule has 0 saturated carbocycles. The number of hydrogen-bond donors (Lipinski definition) is 3. The molecule has 0 spiro atoms. The monoisotopic (exact) mass is 569 g/mol. The molecule has 0 bridgehead atoms. The van der Waals surface area contributed by atoms with Crippen molar-refractivity contribution in [2.24, 2.45) is 0 Å². The van der Waals surface area contributed by atoms with Crippen LogP contribution in [0.1, 0.15) is 34.5 Å². The third-order valence-corrected chi connectivity index (χ3v) is 6.23. The van der Waals surface area contributed by atoms with Crippen LogP contribution in [0.3, 0.4) is 0 Å². The summed E-state index contributed by atoms with van der Waals surface area (Å²) in [6.45, 7) is 6.43. The van der Waals surface area contributed by atoms with E-state index in [1.165, 1.54) is 24.5 Å². The number of nitrogens with one attached hydrogen (secondary N) is 3. The molecule has 1 saturated heterocycles. The summed E-state index contributed by atoms with van der Waals surface area (Å²) in [5.41, 5.74) is -0.0755. The number of aromatic nitrogens is 1. The first-order valence-electron chi connectivity index (χ1n) is 13.0. The zero-order valence-electron chi connectivity index (χ0n) is 22.2. The molecule has 216 valence electrons. The Bertz CT molecular complexity index is 1360. The number of amides is 3. The summed E-state index contributed by atoms with van der Waals surface area (Å²) in [7, 11) is 0. The van der Waals surface area contributed by atoms with Gasteiger partial charge in [0.25, 0.3) is 5.91 Å². The van der Waals surface area contributed by atoms with Gasteiger partial charge in [0.15, 0.2) is 0 Å². The highest BCUT2D eigenvalue weighted by atomic mass is 19.4. The van der Waals surface area contributed by atoms with Crippen LogP contribution >= 0.6 is 0 Å². The largest absolute Gasteiger partial charge is 0.490 e. The second-order valence-corrected chi connectivity index (χ2v) is 9.21. The van der Waals surface area contributed by atoms with Crippen molar-refractivity contribution in [2.75, 3.05) is 31.6 Å². The SMILES string of the molecule is C=CNC(=O)c1cc(Oc2ccc(CNC(=O)Nc3cc(C(F)(F)F)ccc3OCCN3CCCC3)cc2)ccn1. The van der Waals surface area contributed by atoms with Gasteiger partial charge in [-0.2, -0.15) is 13.2 Å². The zero-order valence-corrected chi connectivity index (χ0v) is 22.2. The zero-order chi connectivity index (χ0) is 29.2. The minimum Gasteiger partial charge on any atom is -0.490 e. The minimum atomic E-state index is -4.57. The summed E-state index contributed by atoms with van der Waals surface area (Å²) < 4.78 is 51.4. The number of ether oxygens (including phenoxy) is 2. The van der Waals surface area contributed by atoms with Crippen molar-refractivity contribution in [3.8, 4) is 17.2 Å². The van der Waals surface area contributed by atoms with Crippen molar-refractivity contribution in [1.29, 1.82) is 0 Å². The molecule has 0 aliphatic carbocycles. The highest BCUT2D eigenvalue weighted by molar-refractivity contribution is 5.93. The molecular weight excluding hydrogens is 539 g/mol. The van der Waals surface area contributed by atoms with Gasteiger partial charge in [0.1, 0.15) is 29.5 Å². The topological polar surface area (TPSA) is 105 Å². The Morgan fingerprint density at radius 1 is 1.02 bits per heavy atom. The minimum absolute atomic E-state index is 0.0685. The number of rotatable bonds is 11. The van der Waals surface area contributed by atoms with Crippen LogP contribution in [0.4, 0.5) is 23.7 Å². The molecule has 1 aliphatic rings. The number of halogens is 3. The summed E-state index contributed by atoms with van der Waals surface area (Å²) in [5, 5.41) is 7.56. The van der Waals surface area contributed by atoms with Gasteiger partial charge in [-0.1, -0.05) is 18.7 Å². The van der Waals surface area contributed by atoms with Gasteiger partial charge in [-0.25, -0.2) is 4.79 Å². The van der Waals surface area contributed by atoms with Gasteiger partial charge in [0.2, 0.25) is 0 Å². The first-order valence-corrected chi connectivity index (χ1v) is 13.0. The van der Waals surface area contributed by atoms with Gasteiger partial charge >= 0.3 is 12.2 Å². The number of carbonyl (C=O) groups excluding carboxylic acids is 2. The summed E-state index contributed by atoms with van der Waals surface area (Å²) in [6.07, 6.45) is 0.364. The Morgan fingerprint density at radius 2 is 1.78 bits per heavy atom. The molecule has 2 aromatic carbocycles. The second-order valence-electron chi connectivity index (χ2n) is 9.21.